The molecule has 0 aromatic carbocycles. The van der Waals surface area contributed by atoms with Crippen LogP contribution in [0.2, 0.25) is 0 Å². The fraction of sp³-hybridized carbons (Fsp3) is 0.667. The molecule has 1 atom stereocenters. The number of carboxylic acid groups (broad SMARTS) is 1. The van der Waals surface area contributed by atoms with Crippen LogP contribution in [0.3, 0.4) is 0 Å². The molecule has 2 heterocycles. The highest BCUT2D eigenvalue weighted by molar-refractivity contribution is 5.77. The average molecular weight is 250 g/mol. The summed E-state index contributed by atoms with van der Waals surface area (Å²) in [5, 5.41) is 17.4. The van der Waals surface area contributed by atoms with Gasteiger partial charge in [-0.3, -0.25) is 0 Å². The minimum absolute atomic E-state index is 0.437. The largest absolute Gasteiger partial charge is 0.480 e. The summed E-state index contributed by atoms with van der Waals surface area (Å²) >= 11 is 0. The van der Waals surface area contributed by atoms with E-state index in [0.717, 1.165) is 30.7 Å². The Morgan fingerprint density at radius 3 is 2.67 bits per heavy atom. The first-order valence-electron chi connectivity index (χ1n) is 6.27. The van der Waals surface area contributed by atoms with E-state index in [1.54, 1.807) is 4.90 Å². The van der Waals surface area contributed by atoms with Gasteiger partial charge in [0.15, 0.2) is 0 Å². The zero-order chi connectivity index (χ0) is 13.1. The van der Waals surface area contributed by atoms with E-state index in [1.165, 1.54) is 0 Å². The van der Waals surface area contributed by atoms with Gasteiger partial charge in [-0.15, -0.1) is 5.10 Å². The summed E-state index contributed by atoms with van der Waals surface area (Å²) in [6.45, 7) is 4.39. The van der Waals surface area contributed by atoms with Crippen molar-refractivity contribution in [2.75, 3.05) is 11.4 Å². The van der Waals surface area contributed by atoms with E-state index < -0.39 is 12.0 Å². The first-order chi connectivity index (χ1) is 8.59. The number of carbonyl (C=O) groups is 1. The standard InChI is InChI=1S/C12H18N4O2/c1-8-9(2)14-15-12(13-8)16-7-5-3-4-6-10(16)11(17)18/h10H,3-7H2,1-2H3,(H,17,18). The first-order valence-corrected chi connectivity index (χ1v) is 6.27. The molecule has 1 aliphatic rings. The Kier molecular flexibility index (Phi) is 3.74. The van der Waals surface area contributed by atoms with Crippen LogP contribution in [0.5, 0.6) is 0 Å². The van der Waals surface area contributed by atoms with Gasteiger partial charge in [-0.05, 0) is 26.7 Å². The first kappa shape index (κ1) is 12.7. The Bertz CT molecular complexity index is 450. The molecule has 1 N–H and O–H groups in total. The zero-order valence-corrected chi connectivity index (χ0v) is 10.8. The molecule has 6 heteroatoms. The van der Waals surface area contributed by atoms with Crippen LogP contribution in [0.4, 0.5) is 5.95 Å². The molecule has 1 saturated heterocycles. The van der Waals surface area contributed by atoms with E-state index in [9.17, 15) is 9.90 Å². The molecule has 2 rings (SSSR count). The fourth-order valence-corrected chi connectivity index (χ4v) is 2.17. The second-order valence-corrected chi connectivity index (χ2v) is 4.68. The van der Waals surface area contributed by atoms with Crippen molar-refractivity contribution in [2.24, 2.45) is 0 Å². The average Bonchev–Trinajstić information content (AvgIpc) is 2.58. The Morgan fingerprint density at radius 2 is 2.00 bits per heavy atom. The molecule has 98 valence electrons. The Balaban J connectivity index is 2.31. The molecule has 0 amide bonds. The number of rotatable bonds is 2. The molecule has 0 bridgehead atoms. The fourth-order valence-electron chi connectivity index (χ4n) is 2.17. The molecule has 0 aliphatic carbocycles. The summed E-state index contributed by atoms with van der Waals surface area (Å²) in [6, 6.07) is -0.531. The van der Waals surface area contributed by atoms with Crippen LogP contribution in [0.15, 0.2) is 0 Å². The van der Waals surface area contributed by atoms with E-state index in [1.807, 2.05) is 13.8 Å². The highest BCUT2D eigenvalue weighted by Crippen LogP contribution is 2.21. The highest BCUT2D eigenvalue weighted by atomic mass is 16.4. The molecule has 1 fully saturated rings. The second-order valence-electron chi connectivity index (χ2n) is 4.68. The maximum atomic E-state index is 11.3. The third-order valence-corrected chi connectivity index (χ3v) is 3.38. The van der Waals surface area contributed by atoms with Crippen molar-refractivity contribution in [3.8, 4) is 0 Å². The quantitative estimate of drug-likeness (QED) is 0.852. The number of nitrogens with zero attached hydrogens (tertiary/aromatic N) is 4. The van der Waals surface area contributed by atoms with Crippen LogP contribution in [-0.4, -0.2) is 38.8 Å². The third kappa shape index (κ3) is 2.57. The van der Waals surface area contributed by atoms with Crippen LogP contribution in [0.1, 0.15) is 37.1 Å². The van der Waals surface area contributed by atoms with Crippen molar-refractivity contribution in [2.45, 2.75) is 45.6 Å². The zero-order valence-electron chi connectivity index (χ0n) is 10.8. The van der Waals surface area contributed by atoms with E-state index in [0.29, 0.717) is 18.9 Å². The lowest BCUT2D eigenvalue weighted by atomic mass is 10.1. The third-order valence-electron chi connectivity index (χ3n) is 3.38. The van der Waals surface area contributed by atoms with Gasteiger partial charge in [-0.1, -0.05) is 12.8 Å². The molecule has 18 heavy (non-hydrogen) atoms. The number of carboxylic acids is 1. The maximum absolute atomic E-state index is 11.3. The Hall–Kier alpha value is -1.72. The van der Waals surface area contributed by atoms with Crippen LogP contribution < -0.4 is 4.90 Å². The van der Waals surface area contributed by atoms with Crippen molar-refractivity contribution >= 4 is 11.9 Å². The van der Waals surface area contributed by atoms with Gasteiger partial charge in [0.1, 0.15) is 6.04 Å². The summed E-state index contributed by atoms with van der Waals surface area (Å²) < 4.78 is 0. The van der Waals surface area contributed by atoms with E-state index in [-0.39, 0.29) is 0 Å². The lowest BCUT2D eigenvalue weighted by Crippen LogP contribution is -2.42. The van der Waals surface area contributed by atoms with Crippen molar-refractivity contribution < 1.29 is 9.90 Å². The van der Waals surface area contributed by atoms with E-state index in [4.69, 9.17) is 0 Å². The van der Waals surface area contributed by atoms with Gasteiger partial charge in [0.25, 0.3) is 0 Å². The van der Waals surface area contributed by atoms with Gasteiger partial charge in [0, 0.05) is 6.54 Å². The molecule has 1 unspecified atom stereocenters. The van der Waals surface area contributed by atoms with Gasteiger partial charge in [0.2, 0.25) is 5.95 Å². The summed E-state index contributed by atoms with van der Waals surface area (Å²) in [5.41, 5.74) is 1.58. The van der Waals surface area contributed by atoms with Gasteiger partial charge < -0.3 is 10.0 Å². The molecule has 1 aromatic heterocycles. The maximum Gasteiger partial charge on any atom is 0.326 e. The van der Waals surface area contributed by atoms with E-state index in [2.05, 4.69) is 15.2 Å². The molecule has 1 aromatic rings. The minimum Gasteiger partial charge on any atom is -0.480 e. The summed E-state index contributed by atoms with van der Waals surface area (Å²) in [4.78, 5) is 17.5. The smallest absolute Gasteiger partial charge is 0.326 e. The Labute approximate surface area is 106 Å². The van der Waals surface area contributed by atoms with Crippen molar-refractivity contribution in [1.82, 2.24) is 15.2 Å². The van der Waals surface area contributed by atoms with Crippen molar-refractivity contribution in [1.29, 1.82) is 0 Å². The summed E-state index contributed by atoms with van der Waals surface area (Å²) in [7, 11) is 0. The molecule has 0 radical (unpaired) electrons. The lowest BCUT2D eigenvalue weighted by molar-refractivity contribution is -0.138. The molecular weight excluding hydrogens is 232 g/mol. The SMILES string of the molecule is Cc1nnc(N2CCCCCC2C(=O)O)nc1C. The Morgan fingerprint density at radius 1 is 1.22 bits per heavy atom. The van der Waals surface area contributed by atoms with Crippen LogP contribution in [0.25, 0.3) is 0 Å². The lowest BCUT2D eigenvalue weighted by Gasteiger charge is -2.26. The molecular formula is C12H18N4O2. The van der Waals surface area contributed by atoms with Gasteiger partial charge in [0.05, 0.1) is 11.4 Å². The van der Waals surface area contributed by atoms with Gasteiger partial charge in [-0.2, -0.15) is 5.10 Å². The van der Waals surface area contributed by atoms with Crippen LogP contribution in [-0.2, 0) is 4.79 Å². The van der Waals surface area contributed by atoms with Crippen molar-refractivity contribution in [3.63, 3.8) is 0 Å². The number of hydrogen-bond donors (Lipinski definition) is 1. The molecule has 1 aliphatic heterocycles. The highest BCUT2D eigenvalue weighted by Gasteiger charge is 2.29. The second kappa shape index (κ2) is 5.29. The normalized spacial score (nSPS) is 20.6. The predicted octanol–water partition coefficient (Wildman–Crippen LogP) is 1.32. The van der Waals surface area contributed by atoms with Crippen molar-refractivity contribution in [3.05, 3.63) is 11.4 Å². The van der Waals surface area contributed by atoms with E-state index >= 15 is 0 Å². The monoisotopic (exact) mass is 250 g/mol. The predicted molar refractivity (Wildman–Crippen MR) is 66.5 cm³/mol. The number of aliphatic carboxylic acids is 1. The molecule has 0 spiro atoms. The topological polar surface area (TPSA) is 79.2 Å². The van der Waals surface area contributed by atoms with Gasteiger partial charge in [-0.25, -0.2) is 9.78 Å². The summed E-state index contributed by atoms with van der Waals surface area (Å²) in [6.07, 6.45) is 3.61. The number of aromatic nitrogens is 3. The summed E-state index contributed by atoms with van der Waals surface area (Å²) in [5.74, 6) is -0.369. The minimum atomic E-state index is -0.807. The van der Waals surface area contributed by atoms with Gasteiger partial charge >= 0.3 is 5.97 Å². The molecule has 0 saturated carbocycles. The number of hydrogen-bond acceptors (Lipinski definition) is 5. The number of aryl methyl sites for hydroxylation is 2. The molecule has 6 nitrogen and oxygen atoms in total. The number of anilines is 1. The van der Waals surface area contributed by atoms with Crippen LogP contribution in [0, 0.1) is 13.8 Å². The van der Waals surface area contributed by atoms with Crippen LogP contribution >= 0.6 is 0 Å².